The van der Waals surface area contributed by atoms with Crippen molar-refractivity contribution in [2.75, 3.05) is 21.7 Å². The van der Waals surface area contributed by atoms with E-state index in [1.54, 1.807) is 30.5 Å². The molecular weight excluding hydrogens is 636 g/mol. The van der Waals surface area contributed by atoms with Gasteiger partial charge in [-0.15, -0.1) is 11.3 Å². The molecule has 2 atom stereocenters. The van der Waals surface area contributed by atoms with Crippen molar-refractivity contribution >= 4 is 78.1 Å². The minimum Gasteiger partial charge on any atom is -0.351 e. The highest BCUT2D eigenvalue weighted by Gasteiger charge is 2.35. The van der Waals surface area contributed by atoms with Gasteiger partial charge < -0.3 is 10.6 Å². The van der Waals surface area contributed by atoms with Gasteiger partial charge in [-0.2, -0.15) is 0 Å². The van der Waals surface area contributed by atoms with Gasteiger partial charge in [0.25, 0.3) is 0 Å². The molecule has 2 N–H and O–H groups in total. The number of carbonyl (C=O) groups excluding carboxylic acids is 3. The number of benzene rings is 2. The molecule has 1 fully saturated rings. The molecular formula is C31H31BrN4O4S2. The number of nitrogens with zero attached hydrogens (tertiary/aromatic N) is 2. The van der Waals surface area contributed by atoms with Crippen molar-refractivity contribution in [3.05, 3.63) is 87.7 Å². The fraction of sp³-hybridized carbons (Fsp3) is 0.290. The first-order chi connectivity index (χ1) is 20.4. The van der Waals surface area contributed by atoms with Crippen LogP contribution in [0.15, 0.2) is 82.8 Å². The minimum absolute atomic E-state index is 0.0387. The zero-order valence-electron chi connectivity index (χ0n) is 22.8. The second kappa shape index (κ2) is 14.2. The maximum Gasteiger partial charge on any atom is 0.248 e. The predicted octanol–water partition coefficient (Wildman–Crippen LogP) is 5.97. The van der Waals surface area contributed by atoms with E-state index in [4.69, 9.17) is 0 Å². The maximum atomic E-state index is 14.0. The van der Waals surface area contributed by atoms with Gasteiger partial charge >= 0.3 is 0 Å². The molecule has 8 nitrogen and oxygen atoms in total. The van der Waals surface area contributed by atoms with E-state index in [0.29, 0.717) is 16.3 Å². The molecule has 3 amide bonds. The van der Waals surface area contributed by atoms with E-state index in [0.717, 1.165) is 47.5 Å². The molecule has 11 heteroatoms. The number of hydrogen-bond acceptors (Lipinski definition) is 6. The largest absolute Gasteiger partial charge is 0.351 e. The Morgan fingerprint density at radius 2 is 1.76 bits per heavy atom. The Balaban J connectivity index is 1.42. The average Bonchev–Trinajstić information content (AvgIpc) is 3.51. The highest BCUT2D eigenvalue weighted by molar-refractivity contribution is 9.10. The summed E-state index contributed by atoms with van der Waals surface area (Å²) in [6.07, 6.45) is 6.60. The number of nitrogens with one attached hydrogen (secondary N) is 2. The van der Waals surface area contributed by atoms with Crippen LogP contribution in [-0.2, 0) is 25.2 Å². The van der Waals surface area contributed by atoms with E-state index < -0.39 is 34.4 Å². The van der Waals surface area contributed by atoms with Crippen molar-refractivity contribution in [1.82, 2.24) is 10.3 Å². The van der Waals surface area contributed by atoms with Gasteiger partial charge in [0.2, 0.25) is 17.7 Å². The summed E-state index contributed by atoms with van der Waals surface area (Å²) in [6.45, 7) is 0. The number of anilines is 2. The number of carbonyl (C=O) groups is 3. The molecule has 0 saturated heterocycles. The molecule has 0 aliphatic heterocycles. The lowest BCUT2D eigenvalue weighted by Gasteiger charge is -2.32. The molecule has 5 rings (SSSR count). The van der Waals surface area contributed by atoms with Crippen molar-refractivity contribution in [2.24, 2.45) is 0 Å². The third-order valence-corrected chi connectivity index (χ3v) is 9.70. The summed E-state index contributed by atoms with van der Waals surface area (Å²) in [5.74, 6) is -2.07. The van der Waals surface area contributed by atoms with Crippen LogP contribution in [0.4, 0.5) is 11.4 Å². The predicted molar refractivity (Wildman–Crippen MR) is 172 cm³/mol. The van der Waals surface area contributed by atoms with E-state index >= 15 is 0 Å². The second-order valence-corrected chi connectivity index (χ2v) is 13.5. The zero-order valence-corrected chi connectivity index (χ0v) is 26.1. The Morgan fingerprint density at radius 3 is 2.50 bits per heavy atom. The molecule has 0 radical (unpaired) electrons. The van der Waals surface area contributed by atoms with Crippen molar-refractivity contribution in [1.29, 1.82) is 0 Å². The Labute approximate surface area is 259 Å². The van der Waals surface area contributed by atoms with Crippen LogP contribution in [-0.4, -0.2) is 44.5 Å². The van der Waals surface area contributed by atoms with Gasteiger partial charge in [0.05, 0.1) is 17.4 Å². The molecule has 2 aromatic carbocycles. The van der Waals surface area contributed by atoms with E-state index in [2.05, 4.69) is 31.5 Å². The summed E-state index contributed by atoms with van der Waals surface area (Å²) in [5.41, 5.74) is 1.74. The number of hydrogen-bond donors (Lipinski definition) is 2. The van der Waals surface area contributed by atoms with Gasteiger partial charge in [0.1, 0.15) is 17.5 Å². The molecule has 1 aliphatic rings. The molecule has 1 aliphatic carbocycles. The molecule has 218 valence electrons. The Morgan fingerprint density at radius 1 is 1.00 bits per heavy atom. The lowest BCUT2D eigenvalue weighted by molar-refractivity contribution is -0.126. The average molecular weight is 668 g/mol. The fourth-order valence-corrected chi connectivity index (χ4v) is 7.07. The summed E-state index contributed by atoms with van der Waals surface area (Å²) < 4.78 is 14.0. The van der Waals surface area contributed by atoms with Crippen molar-refractivity contribution in [2.45, 2.75) is 44.2 Å². The second-order valence-electron chi connectivity index (χ2n) is 10.2. The monoisotopic (exact) mass is 666 g/mol. The summed E-state index contributed by atoms with van der Waals surface area (Å²) in [5, 5.41) is 8.56. The van der Waals surface area contributed by atoms with Crippen LogP contribution in [0.5, 0.6) is 0 Å². The van der Waals surface area contributed by atoms with E-state index in [9.17, 15) is 18.6 Å². The van der Waals surface area contributed by atoms with Crippen molar-refractivity contribution < 1.29 is 18.6 Å². The highest BCUT2D eigenvalue weighted by Crippen LogP contribution is 2.33. The number of fused-ring (bicyclic) bond motifs is 1. The maximum absolute atomic E-state index is 14.0. The van der Waals surface area contributed by atoms with Crippen LogP contribution in [0.3, 0.4) is 0 Å². The van der Waals surface area contributed by atoms with Crippen LogP contribution >= 0.6 is 27.3 Å². The molecule has 4 aromatic rings. The SMILES string of the molecule is O=C(C[S@](=O)CC(=O)N(c1cnc2ccccc2c1)[C@H](C(=O)NC1CCCCC1)c1cccs1)Nc1ccc(Br)cc1. The lowest BCUT2D eigenvalue weighted by Crippen LogP contribution is -2.48. The number of thiophene rings is 1. The summed E-state index contributed by atoms with van der Waals surface area (Å²) in [4.78, 5) is 47.1. The first-order valence-electron chi connectivity index (χ1n) is 13.8. The molecule has 1 saturated carbocycles. The Hall–Kier alpha value is -3.41. The van der Waals surface area contributed by atoms with E-state index in [-0.39, 0.29) is 17.7 Å². The smallest absolute Gasteiger partial charge is 0.248 e. The number of pyridine rings is 1. The van der Waals surface area contributed by atoms with Crippen molar-refractivity contribution in [3.8, 4) is 0 Å². The zero-order chi connectivity index (χ0) is 29.5. The van der Waals surface area contributed by atoms with Crippen LogP contribution in [0.25, 0.3) is 10.9 Å². The topological polar surface area (TPSA) is 108 Å². The molecule has 2 heterocycles. The Bertz CT molecular complexity index is 1570. The van der Waals surface area contributed by atoms with E-state index in [1.165, 1.54) is 16.2 Å². The Kier molecular flexibility index (Phi) is 10.1. The van der Waals surface area contributed by atoms with Gasteiger partial charge in [0.15, 0.2) is 0 Å². The summed E-state index contributed by atoms with van der Waals surface area (Å²) in [6, 6.07) is 19.1. The summed E-state index contributed by atoms with van der Waals surface area (Å²) in [7, 11) is -1.82. The molecule has 42 heavy (non-hydrogen) atoms. The molecule has 2 aromatic heterocycles. The van der Waals surface area contributed by atoms with Crippen LogP contribution in [0.1, 0.15) is 43.0 Å². The summed E-state index contributed by atoms with van der Waals surface area (Å²) >= 11 is 4.73. The van der Waals surface area contributed by atoms with Gasteiger partial charge in [-0.05, 0) is 60.7 Å². The van der Waals surface area contributed by atoms with Crippen LogP contribution in [0.2, 0.25) is 0 Å². The number of amides is 3. The molecule has 0 bridgehead atoms. The number of halogens is 1. The van der Waals surface area contributed by atoms with Gasteiger partial charge in [-0.25, -0.2) is 0 Å². The lowest BCUT2D eigenvalue weighted by atomic mass is 9.95. The van der Waals surface area contributed by atoms with Crippen LogP contribution in [0, 0.1) is 0 Å². The van der Waals surface area contributed by atoms with Gasteiger partial charge in [-0.3, -0.25) is 28.5 Å². The quantitative estimate of drug-likeness (QED) is 0.217. The first-order valence-corrected chi connectivity index (χ1v) is 16.9. The minimum atomic E-state index is -1.82. The van der Waals surface area contributed by atoms with Crippen LogP contribution < -0.4 is 15.5 Å². The van der Waals surface area contributed by atoms with Crippen molar-refractivity contribution in [3.63, 3.8) is 0 Å². The molecule has 0 spiro atoms. The third-order valence-electron chi connectivity index (χ3n) is 7.10. The molecule has 0 unspecified atom stereocenters. The fourth-order valence-electron chi connectivity index (χ4n) is 5.11. The first kappa shape index (κ1) is 30.1. The number of rotatable bonds is 10. The van der Waals surface area contributed by atoms with E-state index in [1.807, 2.05) is 47.8 Å². The number of para-hydroxylation sites is 1. The van der Waals surface area contributed by atoms with Gasteiger partial charge in [0, 0.05) is 37.3 Å². The van der Waals surface area contributed by atoms with Gasteiger partial charge in [-0.1, -0.05) is 59.5 Å². The normalized spacial score (nSPS) is 15.1. The number of aromatic nitrogens is 1. The highest BCUT2D eigenvalue weighted by atomic mass is 79.9. The third kappa shape index (κ3) is 7.70. The standard InChI is InChI=1S/C31H31BrN4O4S2/c32-22-12-14-24(15-13-22)34-28(37)19-42(40)20-29(38)36(25-17-21-7-4-5-10-26(21)33-18-25)30(27-11-6-16-41-27)31(39)35-23-8-2-1-3-9-23/h4-7,10-18,23,30H,1-3,8-9,19-20H2,(H,34,37)(H,35,39)/t30-,42-/m0/s1.